The number of hydrogen-bond donors (Lipinski definition) is 0. The summed E-state index contributed by atoms with van der Waals surface area (Å²) in [5, 5.41) is 0. The maximum atomic E-state index is 2.65. The predicted octanol–water partition coefficient (Wildman–Crippen LogP) is 16.8. The third-order valence-electron chi connectivity index (χ3n) is 20.1. The minimum absolute atomic E-state index is 0.804. The Morgan fingerprint density at radius 2 is 0.603 bits per heavy atom. The van der Waals surface area contributed by atoms with E-state index < -0.39 is 0 Å². The molecule has 0 N–H and O–H groups in total. The Hall–Kier alpha value is -1.56. The van der Waals surface area contributed by atoms with Crippen LogP contribution in [0.4, 0.5) is 0 Å². The molecule has 7 saturated carbocycles. The van der Waals surface area contributed by atoms with Gasteiger partial charge in [-0.1, -0.05) is 128 Å². The van der Waals surface area contributed by atoms with Crippen LogP contribution >= 0.6 is 0 Å². The average Bonchev–Trinajstić information content (AvgIpc) is 4.11. The number of rotatable bonds is 10. The first kappa shape index (κ1) is 41.8. The van der Waals surface area contributed by atoms with E-state index in [0.29, 0.717) is 0 Å². The van der Waals surface area contributed by atoms with Crippen molar-refractivity contribution in [3.05, 3.63) is 70.8 Å². The highest BCUT2D eigenvalue weighted by molar-refractivity contribution is 5.29. The molecule has 0 aromatic heterocycles. The van der Waals surface area contributed by atoms with Crippen molar-refractivity contribution in [2.75, 3.05) is 0 Å². The molecule has 58 heavy (non-hydrogen) atoms. The summed E-state index contributed by atoms with van der Waals surface area (Å²) in [5.41, 5.74) is 6.58. The molecule has 7 aliphatic carbocycles. The van der Waals surface area contributed by atoms with Crippen molar-refractivity contribution in [1.82, 2.24) is 0 Å². The molecule has 320 valence electrons. The van der Waals surface area contributed by atoms with E-state index in [-0.39, 0.29) is 0 Å². The van der Waals surface area contributed by atoms with Crippen LogP contribution in [0.5, 0.6) is 0 Å². The van der Waals surface area contributed by atoms with Gasteiger partial charge in [-0.15, -0.1) is 0 Å². The van der Waals surface area contributed by atoms with Crippen LogP contribution in [0.15, 0.2) is 48.5 Å². The second-order valence-corrected chi connectivity index (χ2v) is 22.9. The van der Waals surface area contributed by atoms with Gasteiger partial charge in [0, 0.05) is 0 Å². The van der Waals surface area contributed by atoms with E-state index in [9.17, 15) is 0 Å². The molecule has 0 heteroatoms. The summed E-state index contributed by atoms with van der Waals surface area (Å²) in [6.45, 7) is 9.56. The number of benzene rings is 2. The zero-order chi connectivity index (χ0) is 39.6. The van der Waals surface area contributed by atoms with E-state index in [1.54, 1.807) is 88.2 Å². The highest BCUT2D eigenvalue weighted by atomic mass is 14.6. The fourth-order valence-corrected chi connectivity index (χ4v) is 17.6. The van der Waals surface area contributed by atoms with Gasteiger partial charge < -0.3 is 0 Å². The molecule has 0 radical (unpaired) electrons. The van der Waals surface area contributed by atoms with Crippen molar-refractivity contribution < 1.29 is 0 Å². The summed E-state index contributed by atoms with van der Waals surface area (Å²) >= 11 is 0. The van der Waals surface area contributed by atoms with E-state index >= 15 is 0 Å². The third-order valence-corrected chi connectivity index (χ3v) is 20.1. The van der Waals surface area contributed by atoms with Crippen molar-refractivity contribution in [3.63, 3.8) is 0 Å². The summed E-state index contributed by atoms with van der Waals surface area (Å²) in [7, 11) is 0. The van der Waals surface area contributed by atoms with E-state index in [1.807, 2.05) is 0 Å². The summed E-state index contributed by atoms with van der Waals surface area (Å²) < 4.78 is 0. The van der Waals surface area contributed by atoms with Gasteiger partial charge >= 0.3 is 0 Å². The van der Waals surface area contributed by atoms with Crippen LogP contribution in [0, 0.1) is 82.9 Å². The summed E-state index contributed by atoms with van der Waals surface area (Å²) in [4.78, 5) is 0. The molecule has 0 spiro atoms. The van der Waals surface area contributed by atoms with E-state index in [2.05, 4.69) is 76.2 Å². The largest absolute Gasteiger partial charge is 0.0654 e. The summed E-state index contributed by atoms with van der Waals surface area (Å²) in [5.74, 6) is 15.2. The first-order valence-electron chi connectivity index (χ1n) is 26.7. The van der Waals surface area contributed by atoms with Gasteiger partial charge in [0.2, 0.25) is 0 Å². The molecule has 7 fully saturated rings. The number of fused-ring (bicyclic) bond motifs is 8. The molecule has 8 bridgehead atoms. The number of hydrogen-bond acceptors (Lipinski definition) is 0. The monoisotopic (exact) mass is 785 g/mol. The number of aryl methyl sites for hydroxylation is 2. The van der Waals surface area contributed by atoms with Crippen LogP contribution in [0.2, 0.25) is 0 Å². The molecule has 9 rings (SSSR count). The molecule has 8 atom stereocenters. The van der Waals surface area contributed by atoms with E-state index in [1.165, 1.54) is 101 Å². The van der Waals surface area contributed by atoms with Gasteiger partial charge in [-0.05, 0) is 233 Å². The van der Waals surface area contributed by atoms with E-state index in [4.69, 9.17) is 0 Å². The van der Waals surface area contributed by atoms with E-state index in [0.717, 1.165) is 94.7 Å². The maximum Gasteiger partial charge on any atom is -0.0105 e. The summed E-state index contributed by atoms with van der Waals surface area (Å²) in [6, 6.07) is 20.7. The zero-order valence-electron chi connectivity index (χ0n) is 38.2. The molecule has 0 heterocycles. The summed E-state index contributed by atoms with van der Waals surface area (Å²) in [6.07, 6.45) is 38.9. The molecule has 2 aromatic rings. The second kappa shape index (κ2) is 19.2. The first-order valence-corrected chi connectivity index (χ1v) is 26.7. The lowest BCUT2D eigenvalue weighted by Gasteiger charge is -2.42. The van der Waals surface area contributed by atoms with Gasteiger partial charge in [0.25, 0.3) is 0 Å². The molecule has 0 nitrogen and oxygen atoms in total. The fourth-order valence-electron chi connectivity index (χ4n) is 17.6. The Labute approximate surface area is 358 Å². The van der Waals surface area contributed by atoms with Crippen LogP contribution in [0.3, 0.4) is 0 Å². The molecule has 7 aliphatic rings. The molecular weight excluding hydrogens is 697 g/mol. The molecular formula is C58H88. The van der Waals surface area contributed by atoms with Crippen LogP contribution in [-0.4, -0.2) is 0 Å². The normalized spacial score (nSPS) is 41.9. The molecule has 8 unspecified atom stereocenters. The zero-order valence-corrected chi connectivity index (χ0v) is 38.2. The molecule has 0 amide bonds. The highest BCUT2D eigenvalue weighted by Gasteiger charge is 2.51. The maximum absolute atomic E-state index is 2.65. The van der Waals surface area contributed by atoms with Crippen LogP contribution in [-0.2, 0) is 12.8 Å². The lowest BCUT2D eigenvalue weighted by atomic mass is 9.63. The topological polar surface area (TPSA) is 0 Å². The SMILES string of the molecule is CCCC1CCC(C2C3CCC(C3)C(c3ccc(CC)cc3)C3CCC(C3)C(C3CCC(CCC)CC3)C3CCC(C3)C(c3ccc(CC)cc3)C3CCC2C3)CC1. The van der Waals surface area contributed by atoms with Crippen molar-refractivity contribution in [1.29, 1.82) is 0 Å². The standard InChI is InChI=1S/C58H88/c1-5-9-41-15-23-45(24-16-41)57-51-31-27-47(35-51)55(43-19-11-39(7-3)12-20-43)49-29-33-53(37-49)58(46-25-17-42(10-6-2)18-26-46)54-34-30-50(38-54)56(48-28-32-52(57)36-48)44-21-13-40(8-4)14-22-44/h11-14,19-22,41-42,45-58H,5-10,15-18,23-38H2,1-4H3. The van der Waals surface area contributed by atoms with Crippen molar-refractivity contribution in [2.45, 2.75) is 206 Å². The minimum atomic E-state index is 0.804. The highest BCUT2D eigenvalue weighted by Crippen LogP contribution is 2.61. The quantitative estimate of drug-likeness (QED) is 0.225. The van der Waals surface area contributed by atoms with Gasteiger partial charge in [0.1, 0.15) is 0 Å². The lowest BCUT2D eigenvalue weighted by Crippen LogP contribution is -2.33. The molecule has 0 aliphatic heterocycles. The van der Waals surface area contributed by atoms with Gasteiger partial charge in [0.15, 0.2) is 0 Å². The molecule has 2 aromatic carbocycles. The Bertz CT molecular complexity index is 1370. The minimum Gasteiger partial charge on any atom is -0.0654 e. The Morgan fingerprint density at radius 3 is 0.879 bits per heavy atom. The third kappa shape index (κ3) is 8.86. The van der Waals surface area contributed by atoms with Gasteiger partial charge in [-0.3, -0.25) is 0 Å². The fraction of sp³-hybridized carbons (Fsp3) is 0.793. The average molecular weight is 785 g/mol. The Morgan fingerprint density at radius 1 is 0.328 bits per heavy atom. The molecule has 0 saturated heterocycles. The smallest absolute Gasteiger partial charge is 0.0105 e. The lowest BCUT2D eigenvalue weighted by molar-refractivity contribution is 0.0853. The Kier molecular flexibility index (Phi) is 13.8. The first-order chi connectivity index (χ1) is 28.5. The van der Waals surface area contributed by atoms with Crippen LogP contribution in [0.25, 0.3) is 0 Å². The Balaban J connectivity index is 1.07. The van der Waals surface area contributed by atoms with Crippen LogP contribution in [0.1, 0.15) is 216 Å². The van der Waals surface area contributed by atoms with Crippen molar-refractivity contribution in [3.8, 4) is 0 Å². The van der Waals surface area contributed by atoms with Crippen molar-refractivity contribution >= 4 is 0 Å². The van der Waals surface area contributed by atoms with Gasteiger partial charge in [0.05, 0.1) is 0 Å². The van der Waals surface area contributed by atoms with Gasteiger partial charge in [-0.25, -0.2) is 0 Å². The second-order valence-electron chi connectivity index (χ2n) is 22.9. The van der Waals surface area contributed by atoms with Gasteiger partial charge in [-0.2, -0.15) is 0 Å². The predicted molar refractivity (Wildman–Crippen MR) is 248 cm³/mol. The van der Waals surface area contributed by atoms with Crippen molar-refractivity contribution in [2.24, 2.45) is 82.9 Å². The van der Waals surface area contributed by atoms with Crippen LogP contribution < -0.4 is 0 Å².